The van der Waals surface area contributed by atoms with Crippen LogP contribution in [0.5, 0.6) is 0 Å². The van der Waals surface area contributed by atoms with Crippen LogP contribution in [0.2, 0.25) is 0 Å². The number of amides is 1. The second-order valence-corrected chi connectivity index (χ2v) is 9.39. The zero-order valence-corrected chi connectivity index (χ0v) is 19.2. The number of rotatable bonds is 6. The number of ketones is 1. The number of Topliss-reactive ketones (excluding diaryl/α,β-unsaturated/α-hetero) is 1. The smallest absolute Gasteiger partial charge is 0.295 e. The normalized spacial score (nSPS) is 18.6. The van der Waals surface area contributed by atoms with Crippen molar-refractivity contribution in [3.05, 3.63) is 76.4 Å². The van der Waals surface area contributed by atoms with E-state index in [1.165, 1.54) is 0 Å². The van der Waals surface area contributed by atoms with Crippen LogP contribution in [0.3, 0.4) is 0 Å². The van der Waals surface area contributed by atoms with Gasteiger partial charge < -0.3 is 10.0 Å². The van der Waals surface area contributed by atoms with Gasteiger partial charge in [-0.2, -0.15) is 0 Å². The molecule has 0 saturated carbocycles. The summed E-state index contributed by atoms with van der Waals surface area (Å²) < 4.78 is 0. The lowest BCUT2D eigenvalue weighted by Crippen LogP contribution is -2.30. The molecule has 4 nitrogen and oxygen atoms in total. The summed E-state index contributed by atoms with van der Waals surface area (Å²) in [5.41, 5.74) is 3.46. The number of likely N-dealkylation sites (tertiary alicyclic amines) is 1. The Balaban J connectivity index is 2.17. The number of benzene rings is 2. The van der Waals surface area contributed by atoms with Crippen LogP contribution in [0.1, 0.15) is 75.3 Å². The van der Waals surface area contributed by atoms with Gasteiger partial charge in [-0.05, 0) is 41.5 Å². The molecule has 1 heterocycles. The van der Waals surface area contributed by atoms with Crippen molar-refractivity contribution in [1.82, 2.24) is 4.90 Å². The maximum absolute atomic E-state index is 13.1. The second kappa shape index (κ2) is 9.09. The van der Waals surface area contributed by atoms with Gasteiger partial charge in [0.15, 0.2) is 0 Å². The lowest BCUT2D eigenvalue weighted by atomic mass is 9.84. The van der Waals surface area contributed by atoms with Crippen molar-refractivity contribution in [2.45, 2.75) is 65.3 Å². The van der Waals surface area contributed by atoms with Crippen LogP contribution in [0.4, 0.5) is 0 Å². The van der Waals surface area contributed by atoms with E-state index in [2.05, 4.69) is 27.7 Å². The molecule has 0 aromatic heterocycles. The highest BCUT2D eigenvalue weighted by atomic mass is 16.3. The van der Waals surface area contributed by atoms with Gasteiger partial charge >= 0.3 is 0 Å². The van der Waals surface area contributed by atoms with E-state index in [4.69, 9.17) is 0 Å². The molecule has 1 atom stereocenters. The first-order valence-electron chi connectivity index (χ1n) is 11.1. The molecule has 1 fully saturated rings. The fraction of sp³-hybridized carbons (Fsp3) is 0.407. The Hall–Kier alpha value is -2.88. The molecule has 2 aromatic carbocycles. The Morgan fingerprint density at radius 1 is 1.03 bits per heavy atom. The van der Waals surface area contributed by atoms with E-state index in [1.807, 2.05) is 55.5 Å². The van der Waals surface area contributed by atoms with Crippen LogP contribution in [0.15, 0.2) is 54.1 Å². The Kier molecular flexibility index (Phi) is 6.68. The molecule has 164 valence electrons. The molecule has 1 amide bonds. The van der Waals surface area contributed by atoms with E-state index in [0.29, 0.717) is 12.1 Å². The fourth-order valence-corrected chi connectivity index (χ4v) is 4.11. The van der Waals surface area contributed by atoms with E-state index < -0.39 is 17.7 Å². The Bertz CT molecular complexity index is 999. The van der Waals surface area contributed by atoms with Crippen LogP contribution >= 0.6 is 0 Å². The molecular formula is C27H33NO3. The van der Waals surface area contributed by atoms with E-state index in [1.54, 1.807) is 4.90 Å². The summed E-state index contributed by atoms with van der Waals surface area (Å²) >= 11 is 0. The van der Waals surface area contributed by atoms with Crippen LogP contribution < -0.4 is 0 Å². The Morgan fingerprint density at radius 3 is 2.32 bits per heavy atom. The van der Waals surface area contributed by atoms with Gasteiger partial charge in [0.05, 0.1) is 11.6 Å². The number of aliphatic hydroxyl groups excluding tert-OH is 1. The van der Waals surface area contributed by atoms with E-state index in [-0.39, 0.29) is 16.7 Å². The molecule has 0 radical (unpaired) electrons. The van der Waals surface area contributed by atoms with Gasteiger partial charge in [-0.3, -0.25) is 9.59 Å². The molecule has 3 rings (SSSR count). The van der Waals surface area contributed by atoms with Crippen molar-refractivity contribution in [3.63, 3.8) is 0 Å². The topological polar surface area (TPSA) is 57.6 Å². The zero-order valence-electron chi connectivity index (χ0n) is 19.2. The van der Waals surface area contributed by atoms with Crippen LogP contribution in [-0.2, 0) is 15.0 Å². The van der Waals surface area contributed by atoms with Crippen molar-refractivity contribution in [1.29, 1.82) is 0 Å². The number of aliphatic hydroxyl groups is 1. The number of hydrogen-bond donors (Lipinski definition) is 1. The van der Waals surface area contributed by atoms with E-state index in [9.17, 15) is 14.7 Å². The summed E-state index contributed by atoms with van der Waals surface area (Å²) in [6.45, 7) is 10.8. The number of aryl methyl sites for hydroxylation is 1. The summed E-state index contributed by atoms with van der Waals surface area (Å²) in [5, 5.41) is 11.4. The maximum atomic E-state index is 13.1. The largest absolute Gasteiger partial charge is 0.507 e. The zero-order chi connectivity index (χ0) is 22.8. The van der Waals surface area contributed by atoms with Crippen LogP contribution in [-0.4, -0.2) is 28.2 Å². The first kappa shape index (κ1) is 22.8. The van der Waals surface area contributed by atoms with Crippen LogP contribution in [0.25, 0.3) is 5.76 Å². The minimum atomic E-state index is -0.608. The maximum Gasteiger partial charge on any atom is 0.295 e. The highest BCUT2D eigenvalue weighted by Gasteiger charge is 2.45. The Morgan fingerprint density at radius 2 is 1.71 bits per heavy atom. The quantitative estimate of drug-likeness (QED) is 0.274. The van der Waals surface area contributed by atoms with Crippen LogP contribution in [0, 0.1) is 6.92 Å². The highest BCUT2D eigenvalue weighted by Crippen LogP contribution is 2.40. The molecule has 31 heavy (non-hydrogen) atoms. The lowest BCUT2D eigenvalue weighted by Gasteiger charge is -2.26. The molecule has 1 aliphatic heterocycles. The molecule has 0 bridgehead atoms. The molecule has 1 N–H and O–H groups in total. The third-order valence-corrected chi connectivity index (χ3v) is 6.02. The van der Waals surface area contributed by atoms with Crippen molar-refractivity contribution in [2.75, 3.05) is 6.54 Å². The fourth-order valence-electron chi connectivity index (χ4n) is 4.11. The summed E-state index contributed by atoms with van der Waals surface area (Å²) in [5.74, 6) is -1.23. The monoisotopic (exact) mass is 419 g/mol. The van der Waals surface area contributed by atoms with E-state index in [0.717, 1.165) is 36.0 Å². The molecule has 2 aromatic rings. The number of hydrogen-bond acceptors (Lipinski definition) is 3. The highest BCUT2D eigenvalue weighted by molar-refractivity contribution is 6.46. The molecule has 0 spiro atoms. The van der Waals surface area contributed by atoms with Crippen molar-refractivity contribution in [3.8, 4) is 0 Å². The molecule has 0 aliphatic carbocycles. The van der Waals surface area contributed by atoms with Gasteiger partial charge in [-0.25, -0.2) is 0 Å². The first-order valence-corrected chi connectivity index (χ1v) is 11.1. The summed E-state index contributed by atoms with van der Waals surface area (Å²) in [7, 11) is 0. The number of carbonyl (C=O) groups is 2. The van der Waals surface area contributed by atoms with Gasteiger partial charge in [0, 0.05) is 12.1 Å². The number of carbonyl (C=O) groups excluding carboxylic acids is 2. The molecular weight excluding hydrogens is 386 g/mol. The van der Waals surface area contributed by atoms with Gasteiger partial charge in [-0.15, -0.1) is 0 Å². The lowest BCUT2D eigenvalue weighted by molar-refractivity contribution is -0.139. The number of nitrogens with zero attached hydrogens (tertiary/aromatic N) is 1. The molecule has 1 saturated heterocycles. The van der Waals surface area contributed by atoms with Gasteiger partial charge in [0.1, 0.15) is 5.76 Å². The van der Waals surface area contributed by atoms with Gasteiger partial charge in [0.25, 0.3) is 11.7 Å². The predicted molar refractivity (Wildman–Crippen MR) is 125 cm³/mol. The SMILES string of the molecule is CCCCCN1C(=O)C(=O)/C(=C(/O)c2cc(C(C)(C)C)ccc2C)C1c1ccccc1. The minimum absolute atomic E-state index is 0.0891. The summed E-state index contributed by atoms with van der Waals surface area (Å²) in [4.78, 5) is 27.7. The molecule has 1 aliphatic rings. The first-order chi connectivity index (χ1) is 14.7. The summed E-state index contributed by atoms with van der Waals surface area (Å²) in [6.07, 6.45) is 2.83. The second-order valence-electron chi connectivity index (χ2n) is 9.39. The predicted octanol–water partition coefficient (Wildman–Crippen LogP) is 5.90. The third-order valence-electron chi connectivity index (χ3n) is 6.02. The van der Waals surface area contributed by atoms with Crippen molar-refractivity contribution in [2.24, 2.45) is 0 Å². The van der Waals surface area contributed by atoms with Gasteiger partial charge in [-0.1, -0.05) is 83.0 Å². The Labute approximate surface area is 185 Å². The van der Waals surface area contributed by atoms with Crippen molar-refractivity contribution < 1.29 is 14.7 Å². The average molecular weight is 420 g/mol. The minimum Gasteiger partial charge on any atom is -0.507 e. The molecule has 1 unspecified atom stereocenters. The third kappa shape index (κ3) is 4.58. The molecule has 4 heteroatoms. The standard InChI is InChI=1S/C27H33NO3/c1-6-7-11-16-28-23(19-12-9-8-10-13-19)22(25(30)26(28)31)24(29)21-17-20(27(3,4)5)15-14-18(21)2/h8-10,12-15,17,23,29H,6-7,11,16H2,1-5H3/b24-22+. The van der Waals surface area contributed by atoms with E-state index >= 15 is 0 Å². The number of unbranched alkanes of at least 4 members (excludes halogenated alkanes) is 2. The van der Waals surface area contributed by atoms with Gasteiger partial charge in [0.2, 0.25) is 0 Å². The summed E-state index contributed by atoms with van der Waals surface area (Å²) in [6, 6.07) is 14.9. The van der Waals surface area contributed by atoms with Crippen molar-refractivity contribution >= 4 is 17.4 Å². The average Bonchev–Trinajstić information content (AvgIpc) is 2.98.